The number of nitrogens with one attached hydrogen (secondary N) is 1. The van der Waals surface area contributed by atoms with Crippen molar-refractivity contribution in [3.8, 4) is 0 Å². The predicted octanol–water partition coefficient (Wildman–Crippen LogP) is 3.22. The van der Waals surface area contributed by atoms with Gasteiger partial charge in [0.05, 0.1) is 5.60 Å². The Balaban J connectivity index is 2.44. The molecule has 1 fully saturated rings. The van der Waals surface area contributed by atoms with E-state index in [1.165, 1.54) is 19.3 Å². The lowest BCUT2D eigenvalue weighted by atomic mass is 9.78. The van der Waals surface area contributed by atoms with Crippen LogP contribution in [0, 0.1) is 11.3 Å². The summed E-state index contributed by atoms with van der Waals surface area (Å²) in [5, 5.41) is 3.52. The van der Waals surface area contributed by atoms with Crippen molar-refractivity contribution in [2.75, 3.05) is 20.2 Å². The molecule has 0 spiro atoms. The van der Waals surface area contributed by atoms with Gasteiger partial charge in [0, 0.05) is 13.7 Å². The third kappa shape index (κ3) is 4.06. The lowest BCUT2D eigenvalue weighted by Gasteiger charge is -2.34. The molecule has 1 saturated carbocycles. The highest BCUT2D eigenvalue weighted by molar-refractivity contribution is 4.93. The molecule has 2 heteroatoms. The standard InChI is InChI=1S/C14H29NO/c1-6-15-11-14(4,12-7-8-12)10-9-13(2,3)16-5/h12,15H,6-11H2,1-5H3. The van der Waals surface area contributed by atoms with Crippen molar-refractivity contribution in [1.82, 2.24) is 5.32 Å². The average molecular weight is 227 g/mol. The van der Waals surface area contributed by atoms with E-state index in [4.69, 9.17) is 4.74 Å². The molecule has 0 bridgehead atoms. The van der Waals surface area contributed by atoms with E-state index in [9.17, 15) is 0 Å². The van der Waals surface area contributed by atoms with Crippen LogP contribution in [-0.4, -0.2) is 25.8 Å². The van der Waals surface area contributed by atoms with Gasteiger partial charge in [0.2, 0.25) is 0 Å². The monoisotopic (exact) mass is 227 g/mol. The van der Waals surface area contributed by atoms with Gasteiger partial charge in [-0.25, -0.2) is 0 Å². The molecule has 1 aliphatic carbocycles. The van der Waals surface area contributed by atoms with Crippen LogP contribution in [0.15, 0.2) is 0 Å². The minimum absolute atomic E-state index is 0.0301. The van der Waals surface area contributed by atoms with E-state index in [0.29, 0.717) is 5.41 Å². The van der Waals surface area contributed by atoms with E-state index in [1.807, 2.05) is 7.11 Å². The predicted molar refractivity (Wildman–Crippen MR) is 69.7 cm³/mol. The molecule has 1 aliphatic rings. The molecule has 0 saturated heterocycles. The summed E-state index contributed by atoms with van der Waals surface area (Å²) in [5.74, 6) is 0.944. The van der Waals surface area contributed by atoms with Gasteiger partial charge in [0.15, 0.2) is 0 Å². The molecule has 0 aromatic carbocycles. The van der Waals surface area contributed by atoms with E-state index < -0.39 is 0 Å². The summed E-state index contributed by atoms with van der Waals surface area (Å²) in [6.45, 7) is 11.2. The zero-order valence-electron chi connectivity index (χ0n) is 11.7. The molecule has 1 N–H and O–H groups in total. The molecule has 0 amide bonds. The largest absolute Gasteiger partial charge is 0.379 e. The number of rotatable bonds is 8. The topological polar surface area (TPSA) is 21.3 Å². The fourth-order valence-electron chi connectivity index (χ4n) is 2.32. The van der Waals surface area contributed by atoms with Crippen molar-refractivity contribution in [3.63, 3.8) is 0 Å². The van der Waals surface area contributed by atoms with Crippen LogP contribution in [0.4, 0.5) is 0 Å². The van der Waals surface area contributed by atoms with Gasteiger partial charge in [-0.2, -0.15) is 0 Å². The fourth-order valence-corrected chi connectivity index (χ4v) is 2.32. The highest BCUT2D eigenvalue weighted by atomic mass is 16.5. The highest BCUT2D eigenvalue weighted by Gasteiger charge is 2.41. The number of methoxy groups -OCH3 is 1. The van der Waals surface area contributed by atoms with Crippen molar-refractivity contribution in [1.29, 1.82) is 0 Å². The summed E-state index contributed by atoms with van der Waals surface area (Å²) in [6, 6.07) is 0. The summed E-state index contributed by atoms with van der Waals surface area (Å²) in [4.78, 5) is 0. The third-order valence-electron chi connectivity index (χ3n) is 4.19. The second kappa shape index (κ2) is 5.50. The molecule has 1 unspecified atom stereocenters. The van der Waals surface area contributed by atoms with Gasteiger partial charge in [0.1, 0.15) is 0 Å². The van der Waals surface area contributed by atoms with E-state index >= 15 is 0 Å². The van der Waals surface area contributed by atoms with Crippen LogP contribution in [0.3, 0.4) is 0 Å². The first-order chi connectivity index (χ1) is 7.43. The maximum absolute atomic E-state index is 5.52. The normalized spacial score (nSPS) is 20.8. The molecule has 0 aromatic heterocycles. The Morgan fingerprint density at radius 2 is 1.81 bits per heavy atom. The summed E-state index contributed by atoms with van der Waals surface area (Å²) in [5.41, 5.74) is 0.508. The zero-order valence-corrected chi connectivity index (χ0v) is 11.7. The molecule has 0 aromatic rings. The average Bonchev–Trinajstić information content (AvgIpc) is 3.08. The zero-order chi connectivity index (χ0) is 12.2. The molecule has 0 heterocycles. The van der Waals surface area contributed by atoms with Gasteiger partial charge in [-0.1, -0.05) is 13.8 Å². The minimum atomic E-state index is 0.0301. The first-order valence-electron chi connectivity index (χ1n) is 6.69. The number of hydrogen-bond acceptors (Lipinski definition) is 2. The maximum Gasteiger partial charge on any atom is 0.0623 e. The van der Waals surface area contributed by atoms with E-state index in [2.05, 4.69) is 33.0 Å². The molecule has 1 rings (SSSR count). The van der Waals surface area contributed by atoms with Gasteiger partial charge in [-0.15, -0.1) is 0 Å². The molecular formula is C14H29NO. The van der Waals surface area contributed by atoms with Crippen LogP contribution in [0.1, 0.15) is 53.4 Å². The first-order valence-corrected chi connectivity index (χ1v) is 6.69. The molecule has 0 radical (unpaired) electrons. The lowest BCUT2D eigenvalue weighted by molar-refractivity contribution is 0.00279. The van der Waals surface area contributed by atoms with Gasteiger partial charge < -0.3 is 10.1 Å². The SMILES string of the molecule is CCNCC(C)(CCC(C)(C)OC)C1CC1. The third-order valence-corrected chi connectivity index (χ3v) is 4.19. The van der Waals surface area contributed by atoms with Crippen molar-refractivity contribution in [2.45, 2.75) is 59.0 Å². The quantitative estimate of drug-likeness (QED) is 0.687. The van der Waals surface area contributed by atoms with E-state index in [-0.39, 0.29) is 5.60 Å². The Kier molecular flexibility index (Phi) is 4.81. The van der Waals surface area contributed by atoms with Crippen molar-refractivity contribution in [2.24, 2.45) is 11.3 Å². The van der Waals surface area contributed by atoms with Gasteiger partial charge in [-0.05, 0) is 57.4 Å². The number of ether oxygens (including phenoxy) is 1. The smallest absolute Gasteiger partial charge is 0.0623 e. The highest BCUT2D eigenvalue weighted by Crippen LogP contribution is 2.48. The van der Waals surface area contributed by atoms with Gasteiger partial charge in [-0.3, -0.25) is 0 Å². The summed E-state index contributed by atoms with van der Waals surface area (Å²) < 4.78 is 5.52. The lowest BCUT2D eigenvalue weighted by Crippen LogP contribution is -2.36. The number of hydrogen-bond donors (Lipinski definition) is 1. The molecular weight excluding hydrogens is 198 g/mol. The van der Waals surface area contributed by atoms with E-state index in [1.54, 1.807) is 0 Å². The second-order valence-electron chi connectivity index (χ2n) is 6.17. The van der Waals surface area contributed by atoms with Crippen molar-refractivity contribution < 1.29 is 4.74 Å². The summed E-state index contributed by atoms with van der Waals surface area (Å²) in [6.07, 6.45) is 5.28. The Morgan fingerprint density at radius 1 is 1.19 bits per heavy atom. The van der Waals surface area contributed by atoms with Gasteiger partial charge in [0.25, 0.3) is 0 Å². The molecule has 1 atom stereocenters. The summed E-state index contributed by atoms with van der Waals surface area (Å²) in [7, 11) is 1.82. The Labute approximate surface area is 101 Å². The molecule has 0 aliphatic heterocycles. The fraction of sp³-hybridized carbons (Fsp3) is 1.00. The van der Waals surface area contributed by atoms with Crippen LogP contribution in [-0.2, 0) is 4.74 Å². The molecule has 96 valence electrons. The second-order valence-corrected chi connectivity index (χ2v) is 6.17. The van der Waals surface area contributed by atoms with Crippen LogP contribution >= 0.6 is 0 Å². The first kappa shape index (κ1) is 14.0. The van der Waals surface area contributed by atoms with Crippen molar-refractivity contribution in [3.05, 3.63) is 0 Å². The van der Waals surface area contributed by atoms with Crippen LogP contribution in [0.5, 0.6) is 0 Å². The van der Waals surface area contributed by atoms with Crippen LogP contribution < -0.4 is 5.32 Å². The minimum Gasteiger partial charge on any atom is -0.379 e. The Morgan fingerprint density at radius 3 is 2.25 bits per heavy atom. The van der Waals surface area contributed by atoms with Crippen LogP contribution in [0.25, 0.3) is 0 Å². The van der Waals surface area contributed by atoms with Gasteiger partial charge >= 0.3 is 0 Å². The van der Waals surface area contributed by atoms with Crippen molar-refractivity contribution >= 4 is 0 Å². The van der Waals surface area contributed by atoms with E-state index in [0.717, 1.165) is 25.4 Å². The maximum atomic E-state index is 5.52. The van der Waals surface area contributed by atoms with Crippen LogP contribution in [0.2, 0.25) is 0 Å². The molecule has 16 heavy (non-hydrogen) atoms. The Bertz CT molecular complexity index is 211. The summed E-state index contributed by atoms with van der Waals surface area (Å²) >= 11 is 0. The Hall–Kier alpha value is -0.0800. The molecule has 2 nitrogen and oxygen atoms in total.